The Hall–Kier alpha value is -1.39. The van der Waals surface area contributed by atoms with Crippen molar-refractivity contribution >= 4 is 15.9 Å². The summed E-state index contributed by atoms with van der Waals surface area (Å²) in [5, 5.41) is 12.9. The summed E-state index contributed by atoms with van der Waals surface area (Å²) < 4.78 is 14.2. The number of aromatic hydroxyl groups is 1. The highest BCUT2D eigenvalue weighted by atomic mass is 79.9. The molecule has 0 radical (unpaired) electrons. The minimum Gasteiger partial charge on any atom is -0.505 e. The second-order valence-electron chi connectivity index (χ2n) is 4.37. The van der Waals surface area contributed by atoms with Crippen LogP contribution in [0.25, 0.3) is 0 Å². The van der Waals surface area contributed by atoms with Crippen molar-refractivity contribution in [3.05, 3.63) is 63.9 Å². The first-order chi connectivity index (χ1) is 9.09. The lowest BCUT2D eigenvalue weighted by Gasteiger charge is -2.16. The van der Waals surface area contributed by atoms with E-state index in [9.17, 15) is 9.50 Å². The molecule has 100 valence electrons. The van der Waals surface area contributed by atoms with Crippen molar-refractivity contribution in [1.29, 1.82) is 0 Å². The van der Waals surface area contributed by atoms with Gasteiger partial charge in [-0.25, -0.2) is 4.39 Å². The third-order valence-corrected chi connectivity index (χ3v) is 3.76. The fourth-order valence-corrected chi connectivity index (χ4v) is 2.53. The predicted octanol–water partition coefficient (Wildman–Crippen LogP) is 4.14. The Balaban J connectivity index is 2.07. The van der Waals surface area contributed by atoms with Crippen LogP contribution >= 0.6 is 15.9 Å². The van der Waals surface area contributed by atoms with Crippen LogP contribution in [0.3, 0.4) is 0 Å². The second-order valence-corrected chi connectivity index (χ2v) is 5.23. The fraction of sp³-hybridized carbons (Fsp3) is 0.200. The number of hydrogen-bond acceptors (Lipinski definition) is 2. The highest BCUT2D eigenvalue weighted by Crippen LogP contribution is 2.25. The molecule has 0 fully saturated rings. The number of hydrogen-bond donors (Lipinski definition) is 2. The molecule has 0 bridgehead atoms. The average Bonchev–Trinajstić information content (AvgIpc) is 2.40. The molecule has 0 aliphatic carbocycles. The van der Waals surface area contributed by atoms with Crippen molar-refractivity contribution in [2.45, 2.75) is 19.5 Å². The van der Waals surface area contributed by atoms with Gasteiger partial charge in [0.05, 0.1) is 0 Å². The van der Waals surface area contributed by atoms with E-state index in [1.165, 1.54) is 6.07 Å². The van der Waals surface area contributed by atoms with Gasteiger partial charge in [-0.15, -0.1) is 0 Å². The van der Waals surface area contributed by atoms with Gasteiger partial charge in [0, 0.05) is 22.6 Å². The van der Waals surface area contributed by atoms with Crippen LogP contribution in [0.1, 0.15) is 24.1 Å². The van der Waals surface area contributed by atoms with Gasteiger partial charge in [-0.3, -0.25) is 0 Å². The number of benzene rings is 2. The Labute approximate surface area is 120 Å². The van der Waals surface area contributed by atoms with E-state index in [0.717, 1.165) is 10.0 Å². The van der Waals surface area contributed by atoms with Crippen molar-refractivity contribution in [3.8, 4) is 5.75 Å². The van der Waals surface area contributed by atoms with Crippen LogP contribution in [-0.2, 0) is 6.54 Å². The molecule has 19 heavy (non-hydrogen) atoms. The maximum atomic E-state index is 13.2. The second kappa shape index (κ2) is 6.17. The van der Waals surface area contributed by atoms with Crippen LogP contribution in [0.5, 0.6) is 5.75 Å². The van der Waals surface area contributed by atoms with E-state index in [0.29, 0.717) is 12.1 Å². The maximum absolute atomic E-state index is 13.2. The Morgan fingerprint density at radius 2 is 1.95 bits per heavy atom. The summed E-state index contributed by atoms with van der Waals surface area (Å²) in [6, 6.07) is 12.6. The zero-order valence-electron chi connectivity index (χ0n) is 10.5. The lowest BCUT2D eigenvalue weighted by atomic mass is 10.1. The van der Waals surface area contributed by atoms with Crippen LogP contribution in [0.15, 0.2) is 46.9 Å². The van der Waals surface area contributed by atoms with E-state index < -0.39 is 5.82 Å². The Morgan fingerprint density at radius 3 is 2.68 bits per heavy atom. The van der Waals surface area contributed by atoms with Gasteiger partial charge in [0.2, 0.25) is 0 Å². The van der Waals surface area contributed by atoms with Crippen LogP contribution < -0.4 is 5.32 Å². The summed E-state index contributed by atoms with van der Waals surface area (Å²) in [5.41, 5.74) is 1.68. The molecule has 4 heteroatoms. The lowest BCUT2D eigenvalue weighted by molar-refractivity contribution is 0.420. The van der Waals surface area contributed by atoms with Crippen LogP contribution in [0.2, 0.25) is 0 Å². The van der Waals surface area contributed by atoms with Gasteiger partial charge in [-0.05, 0) is 24.6 Å². The summed E-state index contributed by atoms with van der Waals surface area (Å²) in [4.78, 5) is 0. The van der Waals surface area contributed by atoms with E-state index in [1.807, 2.05) is 31.2 Å². The van der Waals surface area contributed by atoms with Gasteiger partial charge >= 0.3 is 0 Å². The van der Waals surface area contributed by atoms with Crippen LogP contribution in [-0.4, -0.2) is 5.11 Å². The normalized spacial score (nSPS) is 12.4. The van der Waals surface area contributed by atoms with Crippen LogP contribution in [0.4, 0.5) is 4.39 Å². The van der Waals surface area contributed by atoms with E-state index in [4.69, 9.17) is 0 Å². The third-order valence-electron chi connectivity index (χ3n) is 3.04. The summed E-state index contributed by atoms with van der Waals surface area (Å²) in [6.45, 7) is 2.43. The number of para-hydroxylation sites is 1. The molecule has 0 amide bonds. The zero-order valence-corrected chi connectivity index (χ0v) is 12.1. The van der Waals surface area contributed by atoms with Gasteiger partial charge in [-0.2, -0.15) is 0 Å². The molecule has 0 saturated carbocycles. The third kappa shape index (κ3) is 3.33. The Morgan fingerprint density at radius 1 is 1.21 bits per heavy atom. The van der Waals surface area contributed by atoms with E-state index in [2.05, 4.69) is 21.2 Å². The van der Waals surface area contributed by atoms with Gasteiger partial charge in [0.1, 0.15) is 0 Å². The summed E-state index contributed by atoms with van der Waals surface area (Å²) in [5.74, 6) is -0.873. The molecule has 2 aromatic carbocycles. The first-order valence-electron chi connectivity index (χ1n) is 6.03. The molecular weight excluding hydrogens is 309 g/mol. The van der Waals surface area contributed by atoms with E-state index in [-0.39, 0.29) is 11.8 Å². The number of nitrogens with one attached hydrogen (secondary N) is 1. The molecule has 0 saturated heterocycles. The number of phenolic OH excluding ortho intramolecular Hbond substituents is 1. The molecule has 0 heterocycles. The minimum absolute atomic E-state index is 0.0956. The molecule has 1 atom stereocenters. The molecule has 2 nitrogen and oxygen atoms in total. The largest absolute Gasteiger partial charge is 0.505 e. The highest BCUT2D eigenvalue weighted by molar-refractivity contribution is 9.10. The first kappa shape index (κ1) is 14.0. The minimum atomic E-state index is -0.590. The van der Waals surface area contributed by atoms with Crippen LogP contribution in [0, 0.1) is 5.82 Å². The number of rotatable bonds is 4. The molecule has 2 aromatic rings. The van der Waals surface area contributed by atoms with Gasteiger partial charge in [0.25, 0.3) is 0 Å². The Bertz CT molecular complexity index is 574. The van der Waals surface area contributed by atoms with E-state index >= 15 is 0 Å². The summed E-state index contributed by atoms with van der Waals surface area (Å²) in [6.07, 6.45) is 0. The molecule has 0 aliphatic rings. The average molecular weight is 324 g/mol. The van der Waals surface area contributed by atoms with Gasteiger partial charge < -0.3 is 10.4 Å². The Kier molecular flexibility index (Phi) is 4.56. The van der Waals surface area contributed by atoms with Crippen molar-refractivity contribution in [2.75, 3.05) is 0 Å². The first-order valence-corrected chi connectivity index (χ1v) is 6.83. The molecular formula is C15H15BrFNO. The number of phenols is 1. The molecule has 0 aliphatic heterocycles. The summed E-state index contributed by atoms with van der Waals surface area (Å²) >= 11 is 3.50. The fourth-order valence-electron chi connectivity index (χ4n) is 1.90. The smallest absolute Gasteiger partial charge is 0.165 e. The lowest BCUT2D eigenvalue weighted by Crippen LogP contribution is -2.18. The molecule has 2 rings (SSSR count). The zero-order chi connectivity index (χ0) is 13.8. The van der Waals surface area contributed by atoms with Crippen molar-refractivity contribution in [3.63, 3.8) is 0 Å². The monoisotopic (exact) mass is 323 g/mol. The molecule has 0 aromatic heterocycles. The number of halogens is 2. The quantitative estimate of drug-likeness (QED) is 0.886. The topological polar surface area (TPSA) is 32.3 Å². The molecule has 1 unspecified atom stereocenters. The van der Waals surface area contributed by atoms with Crippen molar-refractivity contribution in [1.82, 2.24) is 5.32 Å². The van der Waals surface area contributed by atoms with Crippen molar-refractivity contribution < 1.29 is 9.50 Å². The van der Waals surface area contributed by atoms with Crippen molar-refractivity contribution in [2.24, 2.45) is 0 Å². The molecule has 0 spiro atoms. The van der Waals surface area contributed by atoms with Gasteiger partial charge in [-0.1, -0.05) is 46.3 Å². The maximum Gasteiger partial charge on any atom is 0.165 e. The highest BCUT2D eigenvalue weighted by Gasteiger charge is 2.10. The molecule has 2 N–H and O–H groups in total. The predicted molar refractivity (Wildman–Crippen MR) is 77.5 cm³/mol. The SMILES string of the molecule is CC(NCc1cccc(F)c1O)c1ccccc1Br. The van der Waals surface area contributed by atoms with Gasteiger partial charge in [0.15, 0.2) is 11.6 Å². The van der Waals surface area contributed by atoms with E-state index in [1.54, 1.807) is 12.1 Å². The summed E-state index contributed by atoms with van der Waals surface area (Å²) in [7, 11) is 0. The standard InChI is InChI=1S/C15H15BrFNO/c1-10(12-6-2-3-7-13(12)16)18-9-11-5-4-8-14(17)15(11)19/h2-8,10,18-19H,9H2,1H3.